The molecule has 0 radical (unpaired) electrons. The van der Waals surface area contributed by atoms with E-state index in [1.807, 2.05) is 38.8 Å². The maximum Gasteiger partial charge on any atom is 0.182 e. The summed E-state index contributed by atoms with van der Waals surface area (Å²) >= 11 is 0. The normalized spacial score (nSPS) is 11.0. The van der Waals surface area contributed by atoms with Crippen molar-refractivity contribution in [2.45, 2.75) is 20.8 Å². The van der Waals surface area contributed by atoms with Crippen LogP contribution in [0.25, 0.3) is 0 Å². The van der Waals surface area contributed by atoms with E-state index in [0.717, 1.165) is 35.5 Å². The molecule has 4 nitrogen and oxygen atoms in total. The lowest BCUT2D eigenvalue weighted by molar-refractivity contribution is 0.101. The molecule has 0 heterocycles. The van der Waals surface area contributed by atoms with Crippen LogP contribution >= 0.6 is 0 Å². The highest BCUT2D eigenvalue weighted by Crippen LogP contribution is 2.24. The van der Waals surface area contributed by atoms with Crippen LogP contribution in [0.5, 0.6) is 0 Å². The first-order chi connectivity index (χ1) is 12.3. The lowest BCUT2D eigenvalue weighted by Crippen LogP contribution is -2.17. The molecule has 26 heavy (non-hydrogen) atoms. The van der Waals surface area contributed by atoms with Crippen molar-refractivity contribution in [3.8, 4) is 0 Å². The molecule has 0 spiro atoms. The predicted molar refractivity (Wildman–Crippen MR) is 102 cm³/mol. The number of aliphatic imine (C=N–C) groups is 1. The molecule has 0 aliphatic rings. The molecule has 0 amide bonds. The molecule has 6 heteroatoms. The van der Waals surface area contributed by atoms with Crippen molar-refractivity contribution in [1.82, 2.24) is 4.90 Å². The number of rotatable bonds is 7. The van der Waals surface area contributed by atoms with Crippen LogP contribution in [0.4, 0.5) is 20.2 Å². The van der Waals surface area contributed by atoms with E-state index in [-0.39, 0.29) is 18.0 Å². The van der Waals surface area contributed by atoms with Gasteiger partial charge in [0.1, 0.15) is 17.3 Å². The van der Waals surface area contributed by atoms with Gasteiger partial charge in [0.25, 0.3) is 0 Å². The van der Waals surface area contributed by atoms with E-state index in [2.05, 4.69) is 10.3 Å². The van der Waals surface area contributed by atoms with Gasteiger partial charge in [-0.15, -0.1) is 0 Å². The van der Waals surface area contributed by atoms with E-state index in [0.29, 0.717) is 5.56 Å². The maximum absolute atomic E-state index is 13.6. The van der Waals surface area contributed by atoms with Crippen molar-refractivity contribution in [3.63, 3.8) is 0 Å². The molecular formula is C20H23F2N3O. The van der Waals surface area contributed by atoms with E-state index in [1.165, 1.54) is 6.07 Å². The third-order valence-electron chi connectivity index (χ3n) is 4.12. The van der Waals surface area contributed by atoms with Crippen molar-refractivity contribution >= 4 is 23.5 Å². The Hall–Kier alpha value is -2.76. The predicted octanol–water partition coefficient (Wildman–Crippen LogP) is 4.49. The van der Waals surface area contributed by atoms with Crippen molar-refractivity contribution in [1.29, 1.82) is 0 Å². The first kappa shape index (κ1) is 19.6. The fourth-order valence-electron chi connectivity index (χ4n) is 2.41. The second-order valence-corrected chi connectivity index (χ2v) is 6.14. The third kappa shape index (κ3) is 4.65. The zero-order chi connectivity index (χ0) is 19.3. The average molecular weight is 359 g/mol. The van der Waals surface area contributed by atoms with Crippen LogP contribution in [-0.2, 0) is 0 Å². The Bertz CT molecular complexity index is 814. The zero-order valence-electron chi connectivity index (χ0n) is 15.4. The molecule has 2 aromatic rings. The minimum Gasteiger partial charge on any atom is -0.373 e. The van der Waals surface area contributed by atoms with Gasteiger partial charge in [0.05, 0.1) is 18.6 Å². The summed E-state index contributed by atoms with van der Waals surface area (Å²) in [6.07, 6.45) is 1.74. The van der Waals surface area contributed by atoms with Crippen LogP contribution < -0.4 is 5.32 Å². The summed E-state index contributed by atoms with van der Waals surface area (Å²) < 4.78 is 27.3. The van der Waals surface area contributed by atoms with Gasteiger partial charge in [-0.2, -0.15) is 0 Å². The van der Waals surface area contributed by atoms with Crippen molar-refractivity contribution in [2.24, 2.45) is 4.99 Å². The number of ketones is 1. The average Bonchev–Trinajstić information content (AvgIpc) is 2.61. The highest BCUT2D eigenvalue weighted by atomic mass is 19.1. The molecule has 0 bridgehead atoms. The Morgan fingerprint density at radius 2 is 1.85 bits per heavy atom. The number of anilines is 1. The number of hydrogen-bond acceptors (Lipinski definition) is 3. The Balaban J connectivity index is 2.17. The van der Waals surface area contributed by atoms with E-state index < -0.39 is 11.6 Å². The Kier molecular flexibility index (Phi) is 6.44. The number of nitrogens with one attached hydrogen (secondary N) is 1. The van der Waals surface area contributed by atoms with E-state index in [4.69, 9.17) is 0 Å². The van der Waals surface area contributed by atoms with Gasteiger partial charge in [-0.05, 0) is 56.2 Å². The number of hydrogen-bond donors (Lipinski definition) is 1. The molecule has 2 aromatic carbocycles. The molecule has 0 aliphatic carbocycles. The van der Waals surface area contributed by atoms with Gasteiger partial charge in [0.15, 0.2) is 5.78 Å². The SMILES string of the molecule is CCN(C)/C=N\c1cc(C)c(C(=O)CNc2c(F)cccc2F)cc1C. The van der Waals surface area contributed by atoms with Gasteiger partial charge in [-0.3, -0.25) is 4.79 Å². The fourth-order valence-corrected chi connectivity index (χ4v) is 2.41. The highest BCUT2D eigenvalue weighted by molar-refractivity contribution is 6.00. The molecule has 138 valence electrons. The van der Waals surface area contributed by atoms with E-state index in [9.17, 15) is 13.6 Å². The number of carbonyl (C=O) groups is 1. The number of Topliss-reactive ketones (excluding diaryl/α,β-unsaturated/α-hetero) is 1. The number of halogens is 2. The summed E-state index contributed by atoms with van der Waals surface area (Å²) in [5, 5.41) is 2.55. The Morgan fingerprint density at radius 3 is 2.46 bits per heavy atom. The molecule has 0 fully saturated rings. The number of benzene rings is 2. The van der Waals surface area contributed by atoms with Gasteiger partial charge in [-0.25, -0.2) is 13.8 Å². The minimum atomic E-state index is -0.726. The van der Waals surface area contributed by atoms with Gasteiger partial charge in [-0.1, -0.05) is 6.07 Å². The number of aryl methyl sites for hydroxylation is 2. The molecule has 1 N–H and O–H groups in total. The monoisotopic (exact) mass is 359 g/mol. The summed E-state index contributed by atoms with van der Waals surface area (Å²) in [7, 11) is 1.93. The first-order valence-electron chi connectivity index (χ1n) is 8.40. The molecule has 0 unspecified atom stereocenters. The van der Waals surface area contributed by atoms with Crippen molar-refractivity contribution in [2.75, 3.05) is 25.5 Å². The third-order valence-corrected chi connectivity index (χ3v) is 4.12. The smallest absolute Gasteiger partial charge is 0.182 e. The lowest BCUT2D eigenvalue weighted by atomic mass is 10.0. The second-order valence-electron chi connectivity index (χ2n) is 6.14. The highest BCUT2D eigenvalue weighted by Gasteiger charge is 2.14. The molecule has 0 atom stereocenters. The largest absolute Gasteiger partial charge is 0.373 e. The lowest BCUT2D eigenvalue weighted by Gasteiger charge is -2.12. The van der Waals surface area contributed by atoms with Crippen LogP contribution in [0.3, 0.4) is 0 Å². The summed E-state index contributed by atoms with van der Waals surface area (Å²) in [6, 6.07) is 7.17. The quantitative estimate of drug-likeness (QED) is 0.450. The molecular weight excluding hydrogens is 336 g/mol. The fraction of sp³-hybridized carbons (Fsp3) is 0.300. The number of para-hydroxylation sites is 1. The summed E-state index contributed by atoms with van der Waals surface area (Å²) in [5.41, 5.74) is 2.63. The van der Waals surface area contributed by atoms with Gasteiger partial charge in [0, 0.05) is 19.2 Å². The topological polar surface area (TPSA) is 44.7 Å². The number of carbonyl (C=O) groups excluding carboxylic acids is 1. The van der Waals surface area contributed by atoms with Gasteiger partial charge in [0.2, 0.25) is 0 Å². The van der Waals surface area contributed by atoms with Crippen LogP contribution in [0, 0.1) is 25.5 Å². The molecule has 2 rings (SSSR count). The second kappa shape index (κ2) is 8.56. The van der Waals surface area contributed by atoms with Crippen LogP contribution in [-0.4, -0.2) is 37.2 Å². The standard InChI is InChI=1S/C20H23F2N3O/c1-5-25(4)12-24-18-10-13(2)15(9-14(18)3)19(26)11-23-20-16(21)7-6-8-17(20)22/h6-10,12,23H,5,11H2,1-4H3/b24-12-. The summed E-state index contributed by atoms with van der Waals surface area (Å²) in [5.74, 6) is -1.69. The first-order valence-corrected chi connectivity index (χ1v) is 8.40. The molecule has 0 aliphatic heterocycles. The summed E-state index contributed by atoms with van der Waals surface area (Å²) in [6.45, 7) is 6.37. The summed E-state index contributed by atoms with van der Waals surface area (Å²) in [4.78, 5) is 18.9. The van der Waals surface area contributed by atoms with E-state index >= 15 is 0 Å². The molecule has 0 saturated carbocycles. The maximum atomic E-state index is 13.6. The van der Waals surface area contributed by atoms with Crippen molar-refractivity contribution in [3.05, 3.63) is 58.7 Å². The van der Waals surface area contributed by atoms with Gasteiger partial charge < -0.3 is 10.2 Å². The van der Waals surface area contributed by atoms with E-state index in [1.54, 1.807) is 12.4 Å². The molecule has 0 saturated heterocycles. The van der Waals surface area contributed by atoms with Crippen molar-refractivity contribution < 1.29 is 13.6 Å². The van der Waals surface area contributed by atoms with Gasteiger partial charge >= 0.3 is 0 Å². The Morgan fingerprint density at radius 1 is 1.19 bits per heavy atom. The number of nitrogens with zero attached hydrogens (tertiary/aromatic N) is 2. The van der Waals surface area contributed by atoms with Crippen LogP contribution in [0.2, 0.25) is 0 Å². The zero-order valence-corrected chi connectivity index (χ0v) is 15.4. The molecule has 0 aromatic heterocycles. The van der Waals surface area contributed by atoms with Crippen LogP contribution in [0.1, 0.15) is 28.4 Å². The van der Waals surface area contributed by atoms with Crippen LogP contribution in [0.15, 0.2) is 35.3 Å². The Labute approximate surface area is 152 Å². The minimum absolute atomic E-state index is 0.195.